The highest BCUT2D eigenvalue weighted by atomic mass is 16.5. The molecule has 1 aromatic carbocycles. The molecule has 0 radical (unpaired) electrons. The number of carbonyl (C=O) groups is 1. The minimum absolute atomic E-state index is 0.0804. The second kappa shape index (κ2) is 11.3. The Balaban J connectivity index is 1.82. The first-order valence-corrected chi connectivity index (χ1v) is 10.5. The van der Waals surface area contributed by atoms with E-state index in [0.717, 1.165) is 43.7 Å². The summed E-state index contributed by atoms with van der Waals surface area (Å²) in [6, 6.07) is 7.60. The van der Waals surface area contributed by atoms with Crippen LogP contribution < -0.4 is 10.1 Å². The van der Waals surface area contributed by atoms with Gasteiger partial charge in [0.15, 0.2) is 0 Å². The molecule has 1 fully saturated rings. The van der Waals surface area contributed by atoms with Gasteiger partial charge in [-0.15, -0.1) is 0 Å². The Morgan fingerprint density at radius 2 is 1.85 bits per heavy atom. The number of unbranched alkanes of at least 4 members (excludes halogenated alkanes) is 2. The molecule has 1 saturated heterocycles. The number of anilines is 1. The summed E-state index contributed by atoms with van der Waals surface area (Å²) in [6.07, 6.45) is 6.56. The van der Waals surface area contributed by atoms with E-state index >= 15 is 0 Å². The van der Waals surface area contributed by atoms with Crippen LogP contribution in [0.5, 0.6) is 5.75 Å². The van der Waals surface area contributed by atoms with Gasteiger partial charge in [0.1, 0.15) is 18.0 Å². The van der Waals surface area contributed by atoms with Crippen LogP contribution in [-0.2, 0) is 9.53 Å². The van der Waals surface area contributed by atoms with Crippen LogP contribution in [0.1, 0.15) is 59.3 Å². The Morgan fingerprint density at radius 3 is 2.48 bits per heavy atom. The third kappa shape index (κ3) is 7.15. The van der Waals surface area contributed by atoms with E-state index in [1.165, 1.54) is 25.9 Å². The van der Waals surface area contributed by atoms with Crippen molar-refractivity contribution in [3.05, 3.63) is 24.3 Å². The average Bonchev–Trinajstić information content (AvgIpc) is 3.17. The molecular formula is C22H36N2O3. The number of benzene rings is 1. The van der Waals surface area contributed by atoms with Crippen molar-refractivity contribution < 1.29 is 14.3 Å². The Kier molecular flexibility index (Phi) is 9.08. The van der Waals surface area contributed by atoms with Crippen LogP contribution in [0, 0.1) is 0 Å². The van der Waals surface area contributed by atoms with Crippen LogP contribution in [0.15, 0.2) is 24.3 Å². The summed E-state index contributed by atoms with van der Waals surface area (Å²) in [5.74, 6) is 0.755. The van der Waals surface area contributed by atoms with Crippen LogP contribution in [0.4, 0.5) is 5.69 Å². The molecule has 1 heterocycles. The van der Waals surface area contributed by atoms with Gasteiger partial charge in [-0.2, -0.15) is 0 Å². The van der Waals surface area contributed by atoms with Gasteiger partial charge in [0.05, 0.1) is 0 Å². The molecule has 5 heteroatoms. The van der Waals surface area contributed by atoms with Crippen molar-refractivity contribution in [2.24, 2.45) is 0 Å². The number of hydrogen-bond donors (Lipinski definition) is 1. The molecule has 1 unspecified atom stereocenters. The van der Waals surface area contributed by atoms with Crippen molar-refractivity contribution in [1.82, 2.24) is 4.90 Å². The highest BCUT2D eigenvalue weighted by Gasteiger charge is 2.33. The summed E-state index contributed by atoms with van der Waals surface area (Å²) in [5.41, 5.74) is -0.0113. The van der Waals surface area contributed by atoms with Crippen LogP contribution >= 0.6 is 0 Å². The molecule has 1 aromatic rings. The van der Waals surface area contributed by atoms with Crippen molar-refractivity contribution in [3.63, 3.8) is 0 Å². The number of amides is 1. The molecule has 1 aliphatic rings. The number of nitrogens with one attached hydrogen (secondary N) is 1. The summed E-state index contributed by atoms with van der Waals surface area (Å²) in [5, 5.41) is 2.99. The molecule has 0 spiro atoms. The lowest BCUT2D eigenvalue weighted by molar-refractivity contribution is -0.139. The van der Waals surface area contributed by atoms with E-state index in [0.29, 0.717) is 13.2 Å². The Labute approximate surface area is 164 Å². The van der Waals surface area contributed by atoms with Crippen molar-refractivity contribution in [1.29, 1.82) is 0 Å². The number of rotatable bonds is 12. The van der Waals surface area contributed by atoms with E-state index in [2.05, 4.69) is 17.1 Å². The fourth-order valence-electron chi connectivity index (χ4n) is 3.48. The Hall–Kier alpha value is -1.59. The maximum atomic E-state index is 12.7. The number of likely N-dealkylation sites (tertiary alicyclic amines) is 1. The van der Waals surface area contributed by atoms with Gasteiger partial charge >= 0.3 is 0 Å². The van der Waals surface area contributed by atoms with E-state index in [-0.39, 0.29) is 5.91 Å². The standard InChI is InChI=1S/C22H36N2O3/c1-4-6-7-14-22(3,27-5-2)21(25)23-19-10-12-20(13-11-19)26-18-17-24-15-8-9-16-24/h10-13H,4-9,14-18H2,1-3H3,(H,23,25). The minimum atomic E-state index is -0.783. The number of nitrogens with zero attached hydrogens (tertiary/aromatic N) is 1. The molecule has 0 aliphatic carbocycles. The van der Waals surface area contributed by atoms with Crippen molar-refractivity contribution in [2.75, 3.05) is 38.2 Å². The lowest BCUT2D eigenvalue weighted by Crippen LogP contribution is -2.42. The SMILES string of the molecule is CCCCCC(C)(OCC)C(=O)Nc1ccc(OCCN2CCCC2)cc1. The van der Waals surface area contributed by atoms with Crippen molar-refractivity contribution >= 4 is 11.6 Å². The van der Waals surface area contributed by atoms with E-state index in [1.807, 2.05) is 38.1 Å². The van der Waals surface area contributed by atoms with Crippen LogP contribution in [0.3, 0.4) is 0 Å². The predicted molar refractivity (Wildman–Crippen MR) is 110 cm³/mol. The summed E-state index contributed by atoms with van der Waals surface area (Å²) in [4.78, 5) is 15.2. The number of carbonyl (C=O) groups excluding carboxylic acids is 1. The first-order valence-electron chi connectivity index (χ1n) is 10.5. The highest BCUT2D eigenvalue weighted by molar-refractivity contribution is 5.97. The first kappa shape index (κ1) is 21.7. The topological polar surface area (TPSA) is 50.8 Å². The van der Waals surface area contributed by atoms with Gasteiger partial charge in [-0.3, -0.25) is 9.69 Å². The van der Waals surface area contributed by atoms with Crippen molar-refractivity contribution in [3.8, 4) is 5.75 Å². The van der Waals surface area contributed by atoms with Crippen LogP contribution in [-0.4, -0.2) is 49.3 Å². The summed E-state index contributed by atoms with van der Waals surface area (Å²) < 4.78 is 11.6. The monoisotopic (exact) mass is 376 g/mol. The van der Waals surface area contributed by atoms with Gasteiger partial charge in [0, 0.05) is 18.8 Å². The van der Waals surface area contributed by atoms with Gasteiger partial charge in [-0.1, -0.05) is 26.2 Å². The number of ether oxygens (including phenoxy) is 2. The van der Waals surface area contributed by atoms with Gasteiger partial charge in [-0.25, -0.2) is 0 Å². The summed E-state index contributed by atoms with van der Waals surface area (Å²) in [7, 11) is 0. The molecule has 1 amide bonds. The fraction of sp³-hybridized carbons (Fsp3) is 0.682. The van der Waals surface area contributed by atoms with Crippen LogP contribution in [0.25, 0.3) is 0 Å². The fourth-order valence-corrected chi connectivity index (χ4v) is 3.48. The molecule has 0 bridgehead atoms. The van der Waals surface area contributed by atoms with Crippen molar-refractivity contribution in [2.45, 2.75) is 64.9 Å². The lowest BCUT2D eigenvalue weighted by atomic mass is 9.96. The van der Waals surface area contributed by atoms with Gasteiger partial charge in [-0.05, 0) is 70.5 Å². The van der Waals surface area contributed by atoms with E-state index in [1.54, 1.807) is 0 Å². The second-order valence-corrected chi connectivity index (χ2v) is 7.50. The summed E-state index contributed by atoms with van der Waals surface area (Å²) in [6.45, 7) is 10.6. The van der Waals surface area contributed by atoms with E-state index in [4.69, 9.17) is 9.47 Å². The predicted octanol–water partition coefficient (Wildman–Crippen LogP) is 4.48. The third-order valence-corrected chi connectivity index (χ3v) is 5.19. The van der Waals surface area contributed by atoms with Gasteiger partial charge < -0.3 is 14.8 Å². The molecule has 0 saturated carbocycles. The quantitative estimate of drug-likeness (QED) is 0.547. The molecule has 152 valence electrons. The molecule has 1 N–H and O–H groups in total. The zero-order valence-electron chi connectivity index (χ0n) is 17.3. The third-order valence-electron chi connectivity index (χ3n) is 5.19. The largest absolute Gasteiger partial charge is 0.492 e. The van der Waals surface area contributed by atoms with E-state index in [9.17, 15) is 4.79 Å². The maximum Gasteiger partial charge on any atom is 0.256 e. The van der Waals surface area contributed by atoms with Gasteiger partial charge in [0.25, 0.3) is 5.91 Å². The van der Waals surface area contributed by atoms with E-state index < -0.39 is 5.60 Å². The Morgan fingerprint density at radius 1 is 1.15 bits per heavy atom. The smallest absolute Gasteiger partial charge is 0.256 e. The van der Waals surface area contributed by atoms with Crippen LogP contribution in [0.2, 0.25) is 0 Å². The maximum absolute atomic E-state index is 12.7. The lowest BCUT2D eigenvalue weighted by Gasteiger charge is -2.28. The zero-order chi connectivity index (χ0) is 19.5. The molecule has 2 rings (SSSR count). The number of hydrogen-bond acceptors (Lipinski definition) is 4. The zero-order valence-corrected chi connectivity index (χ0v) is 17.3. The molecule has 27 heavy (non-hydrogen) atoms. The molecule has 5 nitrogen and oxygen atoms in total. The summed E-state index contributed by atoms with van der Waals surface area (Å²) >= 11 is 0. The Bertz CT molecular complexity index is 555. The van der Waals surface area contributed by atoms with Gasteiger partial charge in [0.2, 0.25) is 0 Å². The molecule has 1 aliphatic heterocycles. The minimum Gasteiger partial charge on any atom is -0.492 e. The average molecular weight is 377 g/mol. The molecule has 0 aromatic heterocycles. The highest BCUT2D eigenvalue weighted by Crippen LogP contribution is 2.23. The normalized spacial score (nSPS) is 16.9. The second-order valence-electron chi connectivity index (χ2n) is 7.50. The molecular weight excluding hydrogens is 340 g/mol. The first-order chi connectivity index (χ1) is 13.1. The molecule has 1 atom stereocenters.